The van der Waals surface area contributed by atoms with Gasteiger partial charge < -0.3 is 10.1 Å². The molecule has 0 aliphatic carbocycles. The van der Waals surface area contributed by atoms with Gasteiger partial charge in [0.15, 0.2) is 6.10 Å². The third kappa shape index (κ3) is 4.11. The van der Waals surface area contributed by atoms with Crippen molar-refractivity contribution < 1.29 is 9.53 Å². The normalized spacial score (nSPS) is 11.7. The van der Waals surface area contributed by atoms with E-state index in [1.54, 1.807) is 25.1 Å². The Labute approximate surface area is 106 Å². The van der Waals surface area contributed by atoms with Gasteiger partial charge in [-0.15, -0.1) is 6.58 Å². The number of amides is 1. The maximum atomic E-state index is 11.6. The minimum absolute atomic E-state index is 0.177. The van der Waals surface area contributed by atoms with E-state index in [9.17, 15) is 4.79 Å². The average Bonchev–Trinajstić information content (AvgIpc) is 2.30. The highest BCUT2D eigenvalue weighted by Gasteiger charge is 2.14. The molecule has 1 unspecified atom stereocenters. The Bertz CT molecular complexity index is 418. The summed E-state index contributed by atoms with van der Waals surface area (Å²) in [4.78, 5) is 11.6. The molecule has 0 saturated carbocycles. The third-order valence-electron chi connectivity index (χ3n) is 2.24. The van der Waals surface area contributed by atoms with Crippen LogP contribution < -0.4 is 10.1 Å². The molecule has 1 aromatic rings. The third-order valence-corrected chi connectivity index (χ3v) is 2.48. The number of nitrogens with one attached hydrogen (secondary N) is 1. The van der Waals surface area contributed by atoms with Crippen LogP contribution in [0.25, 0.3) is 0 Å². The van der Waals surface area contributed by atoms with Crippen molar-refractivity contribution >= 4 is 17.5 Å². The zero-order chi connectivity index (χ0) is 12.8. The lowest BCUT2D eigenvalue weighted by Crippen LogP contribution is -2.36. The molecule has 17 heavy (non-hydrogen) atoms. The SMILES string of the molecule is C=CCNC(=O)C(C)Oc1cc(Cl)ccc1C. The summed E-state index contributed by atoms with van der Waals surface area (Å²) >= 11 is 5.87. The first-order valence-corrected chi connectivity index (χ1v) is 5.74. The van der Waals surface area contributed by atoms with E-state index in [4.69, 9.17) is 16.3 Å². The molecule has 0 aliphatic rings. The second-order valence-corrected chi connectivity index (χ2v) is 4.14. The number of halogens is 1. The number of aryl methyl sites for hydroxylation is 1. The lowest BCUT2D eigenvalue weighted by atomic mass is 10.2. The molecule has 1 amide bonds. The van der Waals surface area contributed by atoms with E-state index >= 15 is 0 Å². The molecular formula is C13H16ClNO2. The number of hydrogen-bond donors (Lipinski definition) is 1. The number of ether oxygens (including phenoxy) is 1. The molecular weight excluding hydrogens is 238 g/mol. The Kier molecular flexibility index (Phi) is 5.04. The lowest BCUT2D eigenvalue weighted by Gasteiger charge is -2.15. The van der Waals surface area contributed by atoms with Crippen LogP contribution in [0.5, 0.6) is 5.75 Å². The minimum Gasteiger partial charge on any atom is -0.481 e. The molecule has 1 aromatic carbocycles. The van der Waals surface area contributed by atoms with Crippen molar-refractivity contribution in [2.45, 2.75) is 20.0 Å². The largest absolute Gasteiger partial charge is 0.481 e. The summed E-state index contributed by atoms with van der Waals surface area (Å²) in [7, 11) is 0. The average molecular weight is 254 g/mol. The highest BCUT2D eigenvalue weighted by molar-refractivity contribution is 6.30. The number of carbonyl (C=O) groups excluding carboxylic acids is 1. The van der Waals surface area contributed by atoms with E-state index in [-0.39, 0.29) is 5.91 Å². The first-order chi connectivity index (χ1) is 8.04. The van der Waals surface area contributed by atoms with Crippen molar-refractivity contribution in [3.8, 4) is 5.75 Å². The van der Waals surface area contributed by atoms with Crippen molar-refractivity contribution in [1.29, 1.82) is 0 Å². The van der Waals surface area contributed by atoms with Gasteiger partial charge in [0.2, 0.25) is 0 Å². The molecule has 0 heterocycles. The second kappa shape index (κ2) is 6.30. The van der Waals surface area contributed by atoms with Crippen LogP contribution in [0.15, 0.2) is 30.9 Å². The van der Waals surface area contributed by atoms with Crippen LogP contribution in [-0.4, -0.2) is 18.6 Å². The van der Waals surface area contributed by atoms with Crippen molar-refractivity contribution in [2.24, 2.45) is 0 Å². The van der Waals surface area contributed by atoms with Gasteiger partial charge >= 0.3 is 0 Å². The van der Waals surface area contributed by atoms with Crippen LogP contribution in [0.3, 0.4) is 0 Å². The molecule has 0 radical (unpaired) electrons. The van der Waals surface area contributed by atoms with Crippen LogP contribution in [0.4, 0.5) is 0 Å². The molecule has 1 N–H and O–H groups in total. The highest BCUT2D eigenvalue weighted by Crippen LogP contribution is 2.23. The van der Waals surface area contributed by atoms with Crippen LogP contribution >= 0.6 is 11.6 Å². The zero-order valence-corrected chi connectivity index (χ0v) is 10.8. The van der Waals surface area contributed by atoms with Gasteiger partial charge in [0.1, 0.15) is 5.75 Å². The monoisotopic (exact) mass is 253 g/mol. The summed E-state index contributed by atoms with van der Waals surface area (Å²) in [6.45, 7) is 7.56. The fourth-order valence-corrected chi connectivity index (χ4v) is 1.42. The summed E-state index contributed by atoms with van der Waals surface area (Å²) in [6, 6.07) is 5.34. The quantitative estimate of drug-likeness (QED) is 0.820. The number of rotatable bonds is 5. The maximum Gasteiger partial charge on any atom is 0.261 e. The summed E-state index contributed by atoms with van der Waals surface area (Å²) in [5, 5.41) is 3.26. The standard InChI is InChI=1S/C13H16ClNO2/c1-4-7-15-13(16)10(3)17-12-8-11(14)6-5-9(12)2/h4-6,8,10H,1,7H2,2-3H3,(H,15,16). The molecule has 0 fully saturated rings. The van der Waals surface area contributed by atoms with Gasteiger partial charge in [0, 0.05) is 11.6 Å². The van der Waals surface area contributed by atoms with Crippen LogP contribution in [0.2, 0.25) is 5.02 Å². The van der Waals surface area contributed by atoms with Gasteiger partial charge in [0.25, 0.3) is 5.91 Å². The van der Waals surface area contributed by atoms with Crippen molar-refractivity contribution in [2.75, 3.05) is 6.54 Å². The van der Waals surface area contributed by atoms with Crippen LogP contribution in [-0.2, 0) is 4.79 Å². The molecule has 1 atom stereocenters. The molecule has 0 saturated heterocycles. The van der Waals surface area contributed by atoms with Crippen LogP contribution in [0, 0.1) is 6.92 Å². The Morgan fingerprint density at radius 3 is 3.00 bits per heavy atom. The molecule has 0 aromatic heterocycles. The van der Waals surface area contributed by atoms with Gasteiger partial charge in [-0.1, -0.05) is 23.7 Å². The Morgan fingerprint density at radius 2 is 2.35 bits per heavy atom. The van der Waals surface area contributed by atoms with Gasteiger partial charge in [0.05, 0.1) is 0 Å². The summed E-state index contributed by atoms with van der Waals surface area (Å²) < 4.78 is 5.55. The Morgan fingerprint density at radius 1 is 1.65 bits per heavy atom. The predicted octanol–water partition coefficient (Wildman–Crippen LogP) is 2.72. The fraction of sp³-hybridized carbons (Fsp3) is 0.308. The van der Waals surface area contributed by atoms with Crippen LogP contribution in [0.1, 0.15) is 12.5 Å². The first-order valence-electron chi connectivity index (χ1n) is 5.36. The van der Waals surface area contributed by atoms with E-state index < -0.39 is 6.10 Å². The van der Waals surface area contributed by atoms with E-state index in [1.807, 2.05) is 13.0 Å². The van der Waals surface area contributed by atoms with Crippen molar-refractivity contribution in [3.05, 3.63) is 41.4 Å². The van der Waals surface area contributed by atoms with Gasteiger partial charge in [-0.25, -0.2) is 0 Å². The molecule has 4 heteroatoms. The zero-order valence-electron chi connectivity index (χ0n) is 10.00. The van der Waals surface area contributed by atoms with Crippen molar-refractivity contribution in [3.63, 3.8) is 0 Å². The Balaban J connectivity index is 2.66. The second-order valence-electron chi connectivity index (χ2n) is 3.70. The molecule has 1 rings (SSSR count). The summed E-state index contributed by atoms with van der Waals surface area (Å²) in [5.74, 6) is 0.447. The van der Waals surface area contributed by atoms with Crippen molar-refractivity contribution in [1.82, 2.24) is 5.32 Å². The number of hydrogen-bond acceptors (Lipinski definition) is 2. The molecule has 0 spiro atoms. The number of carbonyl (C=O) groups is 1. The summed E-state index contributed by atoms with van der Waals surface area (Å²) in [6.07, 6.45) is 1.06. The molecule has 92 valence electrons. The Hall–Kier alpha value is -1.48. The summed E-state index contributed by atoms with van der Waals surface area (Å²) in [5.41, 5.74) is 0.942. The highest BCUT2D eigenvalue weighted by atomic mass is 35.5. The maximum absolute atomic E-state index is 11.6. The van der Waals surface area contributed by atoms with E-state index in [1.165, 1.54) is 0 Å². The van der Waals surface area contributed by atoms with E-state index in [0.717, 1.165) is 5.56 Å². The predicted molar refractivity (Wildman–Crippen MR) is 69.5 cm³/mol. The topological polar surface area (TPSA) is 38.3 Å². The van der Waals surface area contributed by atoms with Gasteiger partial charge in [-0.05, 0) is 31.5 Å². The lowest BCUT2D eigenvalue weighted by molar-refractivity contribution is -0.127. The number of benzene rings is 1. The van der Waals surface area contributed by atoms with Gasteiger partial charge in [-0.3, -0.25) is 4.79 Å². The van der Waals surface area contributed by atoms with E-state index in [0.29, 0.717) is 17.3 Å². The molecule has 0 bridgehead atoms. The van der Waals surface area contributed by atoms with Gasteiger partial charge in [-0.2, -0.15) is 0 Å². The molecule has 3 nitrogen and oxygen atoms in total. The first kappa shape index (κ1) is 13.6. The fourth-order valence-electron chi connectivity index (χ4n) is 1.26. The molecule has 0 aliphatic heterocycles. The van der Waals surface area contributed by atoms with E-state index in [2.05, 4.69) is 11.9 Å². The minimum atomic E-state index is -0.563. The smallest absolute Gasteiger partial charge is 0.261 e.